The normalized spacial score (nSPS) is 10.4. The Bertz CT molecular complexity index is 828. The predicted molar refractivity (Wildman–Crippen MR) is 95.6 cm³/mol. The number of aromatic nitrogens is 1. The van der Waals surface area contributed by atoms with Crippen molar-refractivity contribution in [1.82, 2.24) is 10.5 Å². The molecule has 0 aliphatic carbocycles. The SMILES string of the molecule is Cc1cccc(OCCCNC(=O)c2cc(-c3ccccc3)no2)c1. The molecule has 25 heavy (non-hydrogen) atoms. The lowest BCUT2D eigenvalue weighted by Gasteiger charge is -2.07. The van der Waals surface area contributed by atoms with Gasteiger partial charge in [-0.05, 0) is 31.0 Å². The first-order valence-electron chi connectivity index (χ1n) is 8.22. The van der Waals surface area contributed by atoms with Crippen LogP contribution in [0.5, 0.6) is 5.75 Å². The van der Waals surface area contributed by atoms with E-state index in [-0.39, 0.29) is 11.7 Å². The molecule has 5 nitrogen and oxygen atoms in total. The lowest BCUT2D eigenvalue weighted by Crippen LogP contribution is -2.25. The van der Waals surface area contributed by atoms with Gasteiger partial charge in [0.25, 0.3) is 5.91 Å². The van der Waals surface area contributed by atoms with Crippen molar-refractivity contribution >= 4 is 5.91 Å². The smallest absolute Gasteiger partial charge is 0.289 e. The third-order valence-electron chi connectivity index (χ3n) is 3.67. The molecule has 5 heteroatoms. The van der Waals surface area contributed by atoms with E-state index in [1.165, 1.54) is 0 Å². The first-order chi connectivity index (χ1) is 12.2. The lowest BCUT2D eigenvalue weighted by molar-refractivity contribution is 0.0915. The van der Waals surface area contributed by atoms with E-state index in [0.717, 1.165) is 16.9 Å². The Hall–Kier alpha value is -3.08. The van der Waals surface area contributed by atoms with Crippen LogP contribution >= 0.6 is 0 Å². The number of rotatable bonds is 7. The number of hydrogen-bond acceptors (Lipinski definition) is 4. The third kappa shape index (κ3) is 4.70. The van der Waals surface area contributed by atoms with Gasteiger partial charge in [0.1, 0.15) is 11.4 Å². The molecule has 3 rings (SSSR count). The van der Waals surface area contributed by atoms with Gasteiger partial charge >= 0.3 is 0 Å². The van der Waals surface area contributed by atoms with Crippen LogP contribution in [0.25, 0.3) is 11.3 Å². The molecule has 0 spiro atoms. The molecular weight excluding hydrogens is 316 g/mol. The quantitative estimate of drug-likeness (QED) is 0.666. The Morgan fingerprint density at radius 1 is 1.12 bits per heavy atom. The Labute approximate surface area is 146 Å². The Kier molecular flexibility index (Phi) is 5.46. The molecule has 1 aromatic heterocycles. The van der Waals surface area contributed by atoms with Crippen LogP contribution in [0.1, 0.15) is 22.5 Å². The Morgan fingerprint density at radius 2 is 1.96 bits per heavy atom. The van der Waals surface area contributed by atoms with E-state index >= 15 is 0 Å². The van der Waals surface area contributed by atoms with E-state index in [1.807, 2.05) is 61.5 Å². The zero-order valence-corrected chi connectivity index (χ0v) is 14.1. The summed E-state index contributed by atoms with van der Waals surface area (Å²) in [6.45, 7) is 3.07. The van der Waals surface area contributed by atoms with Crippen molar-refractivity contribution in [2.75, 3.05) is 13.2 Å². The summed E-state index contributed by atoms with van der Waals surface area (Å²) in [7, 11) is 0. The predicted octanol–water partition coefficient (Wildman–Crippen LogP) is 3.85. The molecule has 0 saturated carbocycles. The van der Waals surface area contributed by atoms with Crippen LogP contribution in [0.2, 0.25) is 0 Å². The minimum atomic E-state index is -0.273. The Morgan fingerprint density at radius 3 is 2.76 bits per heavy atom. The molecule has 0 saturated heterocycles. The van der Waals surface area contributed by atoms with Crippen LogP contribution < -0.4 is 10.1 Å². The minimum absolute atomic E-state index is 0.207. The lowest BCUT2D eigenvalue weighted by atomic mass is 10.1. The summed E-state index contributed by atoms with van der Waals surface area (Å²) in [4.78, 5) is 12.1. The fourth-order valence-electron chi connectivity index (χ4n) is 2.38. The maximum atomic E-state index is 12.1. The zero-order valence-electron chi connectivity index (χ0n) is 14.1. The highest BCUT2D eigenvalue weighted by molar-refractivity contribution is 5.92. The van der Waals surface area contributed by atoms with E-state index in [2.05, 4.69) is 10.5 Å². The summed E-state index contributed by atoms with van der Waals surface area (Å²) >= 11 is 0. The van der Waals surface area contributed by atoms with Crippen molar-refractivity contribution in [3.05, 3.63) is 72.0 Å². The van der Waals surface area contributed by atoms with Gasteiger partial charge in [0.2, 0.25) is 5.76 Å². The first-order valence-corrected chi connectivity index (χ1v) is 8.22. The van der Waals surface area contributed by atoms with Crippen LogP contribution in [0, 0.1) is 6.92 Å². The number of nitrogens with zero attached hydrogens (tertiary/aromatic N) is 1. The van der Waals surface area contributed by atoms with Gasteiger partial charge in [0.15, 0.2) is 0 Å². The van der Waals surface area contributed by atoms with Crippen LogP contribution in [-0.2, 0) is 0 Å². The summed E-state index contributed by atoms with van der Waals surface area (Å²) in [6.07, 6.45) is 0.708. The second kappa shape index (κ2) is 8.15. The van der Waals surface area contributed by atoms with Crippen molar-refractivity contribution < 1.29 is 14.1 Å². The molecule has 3 aromatic rings. The van der Waals surface area contributed by atoms with Crippen LogP contribution in [0.4, 0.5) is 0 Å². The molecule has 1 N–H and O–H groups in total. The average Bonchev–Trinajstić information content (AvgIpc) is 3.12. The number of carbonyl (C=O) groups excluding carboxylic acids is 1. The number of amides is 1. The fourth-order valence-corrected chi connectivity index (χ4v) is 2.38. The van der Waals surface area contributed by atoms with Gasteiger partial charge in [-0.2, -0.15) is 0 Å². The van der Waals surface area contributed by atoms with E-state index in [1.54, 1.807) is 6.07 Å². The van der Waals surface area contributed by atoms with Gasteiger partial charge in [-0.15, -0.1) is 0 Å². The highest BCUT2D eigenvalue weighted by Gasteiger charge is 2.13. The van der Waals surface area contributed by atoms with Gasteiger partial charge in [-0.1, -0.05) is 47.6 Å². The highest BCUT2D eigenvalue weighted by Crippen LogP contribution is 2.18. The average molecular weight is 336 g/mol. The molecule has 2 aromatic carbocycles. The zero-order chi connectivity index (χ0) is 17.5. The van der Waals surface area contributed by atoms with Crippen LogP contribution in [0.15, 0.2) is 65.2 Å². The molecule has 0 bridgehead atoms. The minimum Gasteiger partial charge on any atom is -0.494 e. The van der Waals surface area contributed by atoms with Crippen molar-refractivity contribution in [3.63, 3.8) is 0 Å². The molecule has 0 fully saturated rings. The van der Waals surface area contributed by atoms with Crippen molar-refractivity contribution in [2.24, 2.45) is 0 Å². The van der Waals surface area contributed by atoms with E-state index in [9.17, 15) is 4.79 Å². The molecule has 1 heterocycles. The number of benzene rings is 2. The maximum Gasteiger partial charge on any atom is 0.289 e. The maximum absolute atomic E-state index is 12.1. The molecule has 0 atom stereocenters. The fraction of sp³-hybridized carbons (Fsp3) is 0.200. The topological polar surface area (TPSA) is 64.4 Å². The molecule has 0 aliphatic rings. The van der Waals surface area contributed by atoms with Crippen molar-refractivity contribution in [3.8, 4) is 17.0 Å². The van der Waals surface area contributed by atoms with E-state index in [0.29, 0.717) is 25.3 Å². The second-order valence-electron chi connectivity index (χ2n) is 5.72. The van der Waals surface area contributed by atoms with Gasteiger partial charge in [-0.3, -0.25) is 4.79 Å². The molecular formula is C20H20N2O3. The molecule has 1 amide bonds. The van der Waals surface area contributed by atoms with E-state index < -0.39 is 0 Å². The van der Waals surface area contributed by atoms with Crippen molar-refractivity contribution in [2.45, 2.75) is 13.3 Å². The number of nitrogens with one attached hydrogen (secondary N) is 1. The monoisotopic (exact) mass is 336 g/mol. The van der Waals surface area contributed by atoms with Gasteiger partial charge in [0.05, 0.1) is 6.61 Å². The standard InChI is InChI=1S/C20H20N2O3/c1-15-7-5-10-17(13-15)24-12-6-11-21-20(23)19-14-18(22-25-19)16-8-3-2-4-9-16/h2-5,7-10,13-14H,6,11-12H2,1H3,(H,21,23). The second-order valence-corrected chi connectivity index (χ2v) is 5.72. The molecule has 0 aliphatic heterocycles. The molecule has 0 radical (unpaired) electrons. The van der Waals surface area contributed by atoms with E-state index in [4.69, 9.17) is 9.26 Å². The number of carbonyl (C=O) groups is 1. The Balaban J connectivity index is 1.43. The number of aryl methyl sites for hydroxylation is 1. The molecule has 128 valence electrons. The largest absolute Gasteiger partial charge is 0.494 e. The number of ether oxygens (including phenoxy) is 1. The van der Waals surface area contributed by atoms with Crippen LogP contribution in [-0.4, -0.2) is 24.2 Å². The number of hydrogen-bond donors (Lipinski definition) is 1. The first kappa shape index (κ1) is 16.8. The summed E-state index contributed by atoms with van der Waals surface area (Å²) in [5.41, 5.74) is 2.72. The van der Waals surface area contributed by atoms with Gasteiger partial charge in [0, 0.05) is 18.2 Å². The highest BCUT2D eigenvalue weighted by atomic mass is 16.5. The summed E-state index contributed by atoms with van der Waals surface area (Å²) in [6, 6.07) is 19.1. The summed E-state index contributed by atoms with van der Waals surface area (Å²) < 4.78 is 10.8. The summed E-state index contributed by atoms with van der Waals surface area (Å²) in [5, 5.41) is 6.75. The van der Waals surface area contributed by atoms with Gasteiger partial charge < -0.3 is 14.6 Å². The van der Waals surface area contributed by atoms with Gasteiger partial charge in [-0.25, -0.2) is 0 Å². The van der Waals surface area contributed by atoms with Crippen molar-refractivity contribution in [1.29, 1.82) is 0 Å². The molecule has 0 unspecified atom stereocenters. The van der Waals surface area contributed by atoms with Crippen LogP contribution in [0.3, 0.4) is 0 Å². The third-order valence-corrected chi connectivity index (χ3v) is 3.67. The summed E-state index contributed by atoms with van der Waals surface area (Å²) in [5.74, 6) is 0.776.